The van der Waals surface area contributed by atoms with Crippen LogP contribution in [0.4, 0.5) is 4.39 Å². The van der Waals surface area contributed by atoms with E-state index in [0.717, 1.165) is 0 Å². The number of nitrogens with zero attached hydrogens (tertiary/aromatic N) is 1. The molecule has 2 aromatic heterocycles. The first-order valence-electron chi connectivity index (χ1n) is 7.03. The predicted molar refractivity (Wildman–Crippen MR) is 87.0 cm³/mol. The van der Waals surface area contributed by atoms with Crippen LogP contribution in [-0.2, 0) is 0 Å². The van der Waals surface area contributed by atoms with Crippen molar-refractivity contribution in [1.82, 2.24) is 4.40 Å². The molecule has 0 aliphatic rings. The van der Waals surface area contributed by atoms with Crippen molar-refractivity contribution >= 4 is 28.7 Å². The van der Waals surface area contributed by atoms with E-state index in [0.29, 0.717) is 27.9 Å². The van der Waals surface area contributed by atoms with Crippen molar-refractivity contribution in [3.63, 3.8) is 0 Å². The normalized spacial score (nSPS) is 10.9. The Morgan fingerprint density at radius 2 is 1.83 bits per heavy atom. The number of carbonyl (C=O) groups excluding carboxylic acids is 2. The zero-order chi connectivity index (χ0) is 16.6. The number of hydrogen-bond donors (Lipinski definition) is 0. The summed E-state index contributed by atoms with van der Waals surface area (Å²) in [5, 5.41) is 0. The maximum Gasteiger partial charge on any atom is 0.210 e. The molecule has 0 fully saturated rings. The predicted octanol–water partition coefficient (Wildman–Crippen LogP) is 4.04. The van der Waals surface area contributed by atoms with E-state index in [1.54, 1.807) is 35.7 Å². The smallest absolute Gasteiger partial charge is 0.210 e. The zero-order valence-electron chi connectivity index (χ0n) is 12.3. The number of alkyl halides is 1. The summed E-state index contributed by atoms with van der Waals surface area (Å²) < 4.78 is 14.7. The maximum absolute atomic E-state index is 13.1. The van der Waals surface area contributed by atoms with Crippen LogP contribution in [0.3, 0.4) is 0 Å². The minimum atomic E-state index is -0.406. The highest BCUT2D eigenvalue weighted by Crippen LogP contribution is 2.26. The molecule has 116 valence electrons. The molecule has 1 aromatic carbocycles. The van der Waals surface area contributed by atoms with Crippen LogP contribution in [-0.4, -0.2) is 21.8 Å². The lowest BCUT2D eigenvalue weighted by molar-refractivity contribution is 0.102. The molecule has 0 saturated carbocycles. The fourth-order valence-electron chi connectivity index (χ4n) is 2.77. The Morgan fingerprint density at radius 1 is 1.13 bits per heavy atom. The molecule has 0 radical (unpaired) electrons. The molecule has 3 aromatic rings. The largest absolute Gasteiger partial charge is 0.313 e. The first-order chi connectivity index (χ1) is 11.0. The minimum Gasteiger partial charge on any atom is -0.313 e. The molecule has 0 unspecified atom stereocenters. The highest BCUT2D eigenvalue weighted by Gasteiger charge is 2.24. The van der Waals surface area contributed by atoms with Gasteiger partial charge in [-0.15, -0.1) is 11.6 Å². The summed E-state index contributed by atoms with van der Waals surface area (Å²) in [6.07, 6.45) is 1.73. The van der Waals surface area contributed by atoms with Gasteiger partial charge in [0.1, 0.15) is 5.82 Å². The summed E-state index contributed by atoms with van der Waals surface area (Å²) in [7, 11) is 0. The van der Waals surface area contributed by atoms with Crippen molar-refractivity contribution in [2.75, 3.05) is 5.88 Å². The van der Waals surface area contributed by atoms with Gasteiger partial charge in [0.25, 0.3) is 0 Å². The third-order valence-corrected chi connectivity index (χ3v) is 4.05. The number of hydrogen-bond acceptors (Lipinski definition) is 2. The lowest BCUT2D eigenvalue weighted by Gasteiger charge is -2.04. The summed E-state index contributed by atoms with van der Waals surface area (Å²) >= 11 is 5.70. The standard InChI is InChI=1S/C18H13ClFNO2/c1-11-16(15(22)10-19)14-4-2-3-9-21(14)17(11)18(23)12-5-7-13(20)8-6-12/h2-9H,10H2,1H3. The molecule has 5 heteroatoms. The van der Waals surface area contributed by atoms with Gasteiger partial charge in [0.05, 0.1) is 17.1 Å². The molecule has 0 atom stereocenters. The van der Waals surface area contributed by atoms with Crippen LogP contribution in [0.2, 0.25) is 0 Å². The van der Waals surface area contributed by atoms with E-state index in [4.69, 9.17) is 11.6 Å². The van der Waals surface area contributed by atoms with Gasteiger partial charge in [-0.1, -0.05) is 6.07 Å². The molecule has 0 saturated heterocycles. The maximum atomic E-state index is 13.1. The summed E-state index contributed by atoms with van der Waals surface area (Å²) in [4.78, 5) is 25.0. The number of fused-ring (bicyclic) bond motifs is 1. The van der Waals surface area contributed by atoms with E-state index in [9.17, 15) is 14.0 Å². The number of aromatic nitrogens is 1. The Kier molecular flexibility index (Phi) is 4.01. The van der Waals surface area contributed by atoms with E-state index in [-0.39, 0.29) is 17.4 Å². The second-order valence-corrected chi connectivity index (χ2v) is 5.46. The van der Waals surface area contributed by atoms with Gasteiger partial charge in [-0.3, -0.25) is 9.59 Å². The number of benzene rings is 1. The van der Waals surface area contributed by atoms with Gasteiger partial charge >= 0.3 is 0 Å². The van der Waals surface area contributed by atoms with E-state index in [1.807, 2.05) is 0 Å². The van der Waals surface area contributed by atoms with Gasteiger partial charge < -0.3 is 4.40 Å². The lowest BCUT2D eigenvalue weighted by atomic mass is 10.0. The minimum absolute atomic E-state index is 0.153. The zero-order valence-corrected chi connectivity index (χ0v) is 13.1. The van der Waals surface area contributed by atoms with Crippen molar-refractivity contribution in [2.45, 2.75) is 6.92 Å². The number of Topliss-reactive ketones (excluding diaryl/α,β-unsaturated/α-hetero) is 1. The van der Waals surface area contributed by atoms with E-state index < -0.39 is 5.82 Å². The number of pyridine rings is 1. The first kappa shape index (κ1) is 15.4. The molecular formula is C18H13ClFNO2. The highest BCUT2D eigenvalue weighted by atomic mass is 35.5. The SMILES string of the molecule is Cc1c(C(=O)CCl)c2ccccn2c1C(=O)c1ccc(F)cc1. The Balaban J connectivity index is 2.25. The number of rotatable bonds is 4. The number of carbonyl (C=O) groups is 2. The molecule has 0 spiro atoms. The van der Waals surface area contributed by atoms with Crippen molar-refractivity contribution in [1.29, 1.82) is 0 Å². The summed E-state index contributed by atoms with van der Waals surface area (Å²) in [5.74, 6) is -1.06. The van der Waals surface area contributed by atoms with E-state index in [1.165, 1.54) is 24.3 Å². The van der Waals surface area contributed by atoms with Gasteiger partial charge in [-0.25, -0.2) is 4.39 Å². The van der Waals surface area contributed by atoms with Crippen molar-refractivity contribution in [3.8, 4) is 0 Å². The quantitative estimate of drug-likeness (QED) is 0.535. The lowest BCUT2D eigenvalue weighted by Crippen LogP contribution is -2.07. The van der Waals surface area contributed by atoms with Gasteiger partial charge in [-0.2, -0.15) is 0 Å². The highest BCUT2D eigenvalue weighted by molar-refractivity contribution is 6.32. The van der Waals surface area contributed by atoms with Crippen LogP contribution in [0.1, 0.15) is 32.0 Å². The topological polar surface area (TPSA) is 38.5 Å². The average molecular weight is 330 g/mol. The second kappa shape index (κ2) is 5.97. The van der Waals surface area contributed by atoms with Crippen LogP contribution in [0.15, 0.2) is 48.7 Å². The molecule has 0 amide bonds. The number of halogens is 2. The van der Waals surface area contributed by atoms with Crippen molar-refractivity contribution in [2.24, 2.45) is 0 Å². The molecule has 0 aliphatic heterocycles. The second-order valence-electron chi connectivity index (χ2n) is 5.20. The third kappa shape index (κ3) is 2.55. The van der Waals surface area contributed by atoms with Crippen LogP contribution in [0, 0.1) is 12.7 Å². The average Bonchev–Trinajstić information content (AvgIpc) is 2.86. The molecule has 0 N–H and O–H groups in total. The van der Waals surface area contributed by atoms with Crippen LogP contribution in [0.25, 0.3) is 5.52 Å². The van der Waals surface area contributed by atoms with Crippen molar-refractivity contribution in [3.05, 3.63) is 76.9 Å². The van der Waals surface area contributed by atoms with E-state index >= 15 is 0 Å². The van der Waals surface area contributed by atoms with Crippen LogP contribution in [0.5, 0.6) is 0 Å². The molecular weight excluding hydrogens is 317 g/mol. The van der Waals surface area contributed by atoms with Gasteiger partial charge in [0.2, 0.25) is 5.78 Å². The summed E-state index contributed by atoms with van der Waals surface area (Å²) in [6, 6.07) is 10.7. The molecule has 23 heavy (non-hydrogen) atoms. The molecule has 0 bridgehead atoms. The van der Waals surface area contributed by atoms with Crippen molar-refractivity contribution < 1.29 is 14.0 Å². The van der Waals surface area contributed by atoms with Gasteiger partial charge in [0.15, 0.2) is 5.78 Å². The monoisotopic (exact) mass is 329 g/mol. The van der Waals surface area contributed by atoms with Gasteiger partial charge in [0, 0.05) is 17.3 Å². The Morgan fingerprint density at radius 3 is 2.48 bits per heavy atom. The summed E-state index contributed by atoms with van der Waals surface area (Å²) in [5.41, 5.74) is 2.42. The molecule has 2 heterocycles. The summed E-state index contributed by atoms with van der Waals surface area (Å²) in [6.45, 7) is 1.73. The first-order valence-corrected chi connectivity index (χ1v) is 7.57. The Hall–Kier alpha value is -2.46. The molecule has 0 aliphatic carbocycles. The van der Waals surface area contributed by atoms with Crippen LogP contribution >= 0.6 is 11.6 Å². The van der Waals surface area contributed by atoms with Gasteiger partial charge in [-0.05, 0) is 48.9 Å². The van der Waals surface area contributed by atoms with E-state index in [2.05, 4.69) is 0 Å². The van der Waals surface area contributed by atoms with Crippen LogP contribution < -0.4 is 0 Å². The molecule has 3 rings (SSSR count). The third-order valence-electron chi connectivity index (χ3n) is 3.81. The fraction of sp³-hybridized carbons (Fsp3) is 0.111. The Labute approximate surface area is 137 Å². The fourth-order valence-corrected chi connectivity index (χ4v) is 2.90. The molecule has 3 nitrogen and oxygen atoms in total. The Bertz CT molecular complexity index is 913. The number of ketones is 2.